The Bertz CT molecular complexity index is 946. The summed E-state index contributed by atoms with van der Waals surface area (Å²) in [5, 5.41) is 14.2. The molecular weight excluding hydrogens is 352 g/mol. The molecule has 2 aromatic heterocycles. The fraction of sp³-hybridized carbons (Fsp3) is 0.333. The molecule has 0 fully saturated rings. The molecule has 0 radical (unpaired) electrons. The Labute approximate surface area is 155 Å². The van der Waals surface area contributed by atoms with E-state index < -0.39 is 5.97 Å². The fourth-order valence-electron chi connectivity index (χ4n) is 2.45. The first-order valence-corrected chi connectivity index (χ1v) is 9.03. The molecule has 8 heteroatoms. The fourth-order valence-corrected chi connectivity index (χ4v) is 3.35. The molecule has 0 aliphatic carbocycles. The van der Waals surface area contributed by atoms with E-state index in [1.54, 1.807) is 11.6 Å². The Balaban J connectivity index is 2.07. The van der Waals surface area contributed by atoms with Gasteiger partial charge in [0.1, 0.15) is 33.5 Å². The first-order valence-electron chi connectivity index (χ1n) is 8.21. The zero-order valence-electron chi connectivity index (χ0n) is 15.1. The first kappa shape index (κ1) is 18.1. The topological polar surface area (TPSA) is 90.1 Å². The van der Waals surface area contributed by atoms with Crippen LogP contribution in [0.2, 0.25) is 0 Å². The van der Waals surface area contributed by atoms with Crippen LogP contribution in [0.1, 0.15) is 35.0 Å². The molecule has 0 unspecified atom stereocenters. The number of thiazole rings is 1. The third-order valence-corrected chi connectivity index (χ3v) is 4.91. The molecule has 3 aromatic rings. The normalized spacial score (nSPS) is 11.1. The molecule has 0 atom stereocenters. The predicted molar refractivity (Wildman–Crippen MR) is 99.2 cm³/mol. The summed E-state index contributed by atoms with van der Waals surface area (Å²) in [6, 6.07) is 5.65. The molecule has 1 N–H and O–H groups in total. The highest BCUT2D eigenvalue weighted by molar-refractivity contribution is 7.17. The van der Waals surface area contributed by atoms with E-state index in [0.717, 1.165) is 28.4 Å². The van der Waals surface area contributed by atoms with Gasteiger partial charge in [-0.25, -0.2) is 19.4 Å². The van der Waals surface area contributed by atoms with Crippen molar-refractivity contribution >= 4 is 17.3 Å². The average molecular weight is 372 g/mol. The summed E-state index contributed by atoms with van der Waals surface area (Å²) in [7, 11) is 0. The van der Waals surface area contributed by atoms with Crippen molar-refractivity contribution in [2.24, 2.45) is 5.92 Å². The molecule has 0 aliphatic rings. The van der Waals surface area contributed by atoms with E-state index in [4.69, 9.17) is 4.74 Å². The lowest BCUT2D eigenvalue weighted by Crippen LogP contribution is -2.08. The van der Waals surface area contributed by atoms with Crippen molar-refractivity contribution in [3.05, 3.63) is 40.9 Å². The molecule has 0 bridgehead atoms. The maximum atomic E-state index is 11.3. The maximum Gasteiger partial charge on any atom is 0.347 e. The van der Waals surface area contributed by atoms with Crippen molar-refractivity contribution in [1.82, 2.24) is 19.7 Å². The van der Waals surface area contributed by atoms with Crippen molar-refractivity contribution in [2.75, 3.05) is 6.61 Å². The summed E-state index contributed by atoms with van der Waals surface area (Å²) in [4.78, 5) is 20.1. The van der Waals surface area contributed by atoms with Crippen LogP contribution in [0.4, 0.5) is 0 Å². The highest BCUT2D eigenvalue weighted by atomic mass is 32.1. The van der Waals surface area contributed by atoms with Crippen LogP contribution in [-0.2, 0) is 0 Å². The molecule has 136 valence electrons. The van der Waals surface area contributed by atoms with Crippen molar-refractivity contribution < 1.29 is 14.6 Å². The monoisotopic (exact) mass is 372 g/mol. The molecule has 0 spiro atoms. The summed E-state index contributed by atoms with van der Waals surface area (Å²) in [6.07, 6.45) is 1.49. The lowest BCUT2D eigenvalue weighted by atomic mass is 10.2. The summed E-state index contributed by atoms with van der Waals surface area (Å²) in [5.74, 6) is 0.857. The van der Waals surface area contributed by atoms with E-state index in [0.29, 0.717) is 29.0 Å². The molecule has 7 nitrogen and oxygen atoms in total. The largest absolute Gasteiger partial charge is 0.491 e. The number of nitrogens with zero attached hydrogens (tertiary/aromatic N) is 4. The minimum atomic E-state index is -0.963. The van der Waals surface area contributed by atoms with Gasteiger partial charge >= 0.3 is 5.97 Å². The minimum Gasteiger partial charge on any atom is -0.491 e. The van der Waals surface area contributed by atoms with E-state index in [1.165, 1.54) is 6.33 Å². The lowest BCUT2D eigenvalue weighted by molar-refractivity contribution is 0.0701. The van der Waals surface area contributed by atoms with Gasteiger partial charge in [0, 0.05) is 5.56 Å². The van der Waals surface area contributed by atoms with Crippen LogP contribution in [0.15, 0.2) is 24.5 Å². The van der Waals surface area contributed by atoms with E-state index >= 15 is 0 Å². The van der Waals surface area contributed by atoms with Crippen molar-refractivity contribution in [1.29, 1.82) is 0 Å². The van der Waals surface area contributed by atoms with Gasteiger partial charge in [-0.2, -0.15) is 5.10 Å². The maximum absolute atomic E-state index is 11.3. The number of ether oxygens (including phenoxy) is 1. The third kappa shape index (κ3) is 3.60. The van der Waals surface area contributed by atoms with Crippen LogP contribution < -0.4 is 4.74 Å². The lowest BCUT2D eigenvalue weighted by Gasteiger charge is -2.14. The molecule has 3 rings (SSSR count). The molecule has 0 aliphatic heterocycles. The molecule has 0 saturated heterocycles. The zero-order valence-corrected chi connectivity index (χ0v) is 15.9. The van der Waals surface area contributed by atoms with Gasteiger partial charge in [-0.05, 0) is 38.0 Å². The molecule has 0 amide bonds. The number of rotatable bonds is 6. The van der Waals surface area contributed by atoms with E-state index in [1.807, 2.05) is 25.1 Å². The van der Waals surface area contributed by atoms with Gasteiger partial charge in [0.15, 0.2) is 0 Å². The number of hydrogen-bond donors (Lipinski definition) is 1. The van der Waals surface area contributed by atoms with Crippen LogP contribution in [0.3, 0.4) is 0 Å². The van der Waals surface area contributed by atoms with Crippen LogP contribution in [0, 0.1) is 19.8 Å². The Morgan fingerprint density at radius 2 is 2.12 bits per heavy atom. The third-order valence-electron chi connectivity index (χ3n) is 3.72. The predicted octanol–water partition coefficient (Wildman–Crippen LogP) is 3.74. The van der Waals surface area contributed by atoms with Crippen LogP contribution >= 0.6 is 11.3 Å². The Morgan fingerprint density at radius 3 is 2.69 bits per heavy atom. The number of aromatic nitrogens is 4. The number of aryl methyl sites for hydroxylation is 2. The summed E-state index contributed by atoms with van der Waals surface area (Å²) >= 11 is 1.16. The van der Waals surface area contributed by atoms with Crippen molar-refractivity contribution in [2.45, 2.75) is 27.7 Å². The SMILES string of the molecule is Cc1nc(-c2ccc(OCC(C)C)c(-n3ncnc3C)c2)sc1C(=O)O. The van der Waals surface area contributed by atoms with Crippen LogP contribution in [0.25, 0.3) is 16.3 Å². The zero-order chi connectivity index (χ0) is 18.8. The number of carbonyl (C=O) groups is 1. The number of aromatic carboxylic acids is 1. The van der Waals surface area contributed by atoms with E-state index in [2.05, 4.69) is 28.9 Å². The summed E-state index contributed by atoms with van der Waals surface area (Å²) in [6.45, 7) is 8.31. The Kier molecular flexibility index (Phi) is 5.03. The van der Waals surface area contributed by atoms with Gasteiger partial charge in [-0.3, -0.25) is 0 Å². The van der Waals surface area contributed by atoms with Gasteiger partial charge < -0.3 is 9.84 Å². The van der Waals surface area contributed by atoms with Gasteiger partial charge in [-0.15, -0.1) is 11.3 Å². The summed E-state index contributed by atoms with van der Waals surface area (Å²) in [5.41, 5.74) is 2.08. The molecule has 0 saturated carbocycles. The quantitative estimate of drug-likeness (QED) is 0.709. The van der Waals surface area contributed by atoms with Crippen LogP contribution in [-0.4, -0.2) is 37.4 Å². The highest BCUT2D eigenvalue weighted by Crippen LogP contribution is 2.33. The van der Waals surface area contributed by atoms with E-state index in [9.17, 15) is 9.90 Å². The highest BCUT2D eigenvalue weighted by Gasteiger charge is 2.18. The van der Waals surface area contributed by atoms with Gasteiger partial charge in [0.05, 0.1) is 12.3 Å². The molecule has 2 heterocycles. The Hall–Kier alpha value is -2.74. The smallest absolute Gasteiger partial charge is 0.347 e. The second-order valence-corrected chi connectivity index (χ2v) is 7.34. The minimum absolute atomic E-state index is 0.249. The number of carboxylic acid groups (broad SMARTS) is 1. The summed E-state index contributed by atoms with van der Waals surface area (Å²) < 4.78 is 7.64. The number of benzene rings is 1. The van der Waals surface area contributed by atoms with E-state index in [-0.39, 0.29) is 4.88 Å². The average Bonchev–Trinajstić information content (AvgIpc) is 3.18. The van der Waals surface area contributed by atoms with Gasteiger partial charge in [0.25, 0.3) is 0 Å². The van der Waals surface area contributed by atoms with Crippen molar-refractivity contribution in [3.63, 3.8) is 0 Å². The second kappa shape index (κ2) is 7.25. The molecule has 1 aromatic carbocycles. The van der Waals surface area contributed by atoms with Crippen LogP contribution in [0.5, 0.6) is 5.75 Å². The molecule has 26 heavy (non-hydrogen) atoms. The van der Waals surface area contributed by atoms with Crippen molar-refractivity contribution in [3.8, 4) is 22.0 Å². The first-order chi connectivity index (χ1) is 12.4. The Morgan fingerprint density at radius 1 is 1.35 bits per heavy atom. The number of hydrogen-bond acceptors (Lipinski definition) is 6. The molecular formula is C18H20N4O3S. The van der Waals surface area contributed by atoms with Gasteiger partial charge in [0.2, 0.25) is 0 Å². The second-order valence-electron chi connectivity index (χ2n) is 6.35. The van der Waals surface area contributed by atoms with Gasteiger partial charge in [-0.1, -0.05) is 13.8 Å². The number of carboxylic acids is 1. The standard InChI is InChI=1S/C18H20N4O3S/c1-10(2)8-25-15-6-5-13(7-14(15)22-12(4)19-9-20-22)17-21-11(3)16(26-17)18(23)24/h5-7,9-10H,8H2,1-4H3,(H,23,24).